The quantitative estimate of drug-likeness (QED) is 0.627. The lowest BCUT2D eigenvalue weighted by Gasteiger charge is -2.25. The molecule has 2 rings (SSSR count). The van der Waals surface area contributed by atoms with Gasteiger partial charge in [-0.05, 0) is 48.6 Å². The lowest BCUT2D eigenvalue weighted by Crippen LogP contribution is -2.49. The van der Waals surface area contributed by atoms with Crippen molar-refractivity contribution in [2.45, 2.75) is 64.8 Å². The summed E-state index contributed by atoms with van der Waals surface area (Å²) in [5.41, 5.74) is 7.79. The van der Waals surface area contributed by atoms with Crippen LogP contribution in [0.3, 0.4) is 0 Å². The summed E-state index contributed by atoms with van der Waals surface area (Å²) in [6.07, 6.45) is 1.77. The maximum Gasteiger partial charge on any atom is 0.255 e. The number of aliphatic hydroxyl groups excluding tert-OH is 1. The van der Waals surface area contributed by atoms with Crippen molar-refractivity contribution >= 4 is 23.4 Å². The molecule has 1 aliphatic heterocycles. The average molecular weight is 396 g/mol. The molecule has 2 atom stereocenters. The number of likely N-dealkylation sites (tertiary alicyclic amines) is 1. The number of hydrogen-bond donors (Lipinski definition) is 3. The molecule has 2 amide bonds. The lowest BCUT2D eigenvalue weighted by atomic mass is 9.96. The Morgan fingerprint density at radius 2 is 2.04 bits per heavy atom. The third-order valence-electron chi connectivity index (χ3n) is 5.44. The molecule has 1 aliphatic rings. The largest absolute Gasteiger partial charge is 0.383 e. The number of hydrogen-bond acceptors (Lipinski definition) is 5. The maximum absolute atomic E-state index is 12.6. The Hall–Kier alpha value is -1.47. The summed E-state index contributed by atoms with van der Waals surface area (Å²) >= 11 is 6.11. The molecule has 0 saturated carbocycles. The second kappa shape index (κ2) is 10.2. The van der Waals surface area contributed by atoms with Gasteiger partial charge >= 0.3 is 0 Å². The summed E-state index contributed by atoms with van der Waals surface area (Å²) in [4.78, 5) is 26.9. The highest BCUT2D eigenvalue weighted by Crippen LogP contribution is 2.24. The van der Waals surface area contributed by atoms with E-state index in [1.54, 1.807) is 6.07 Å². The first-order valence-electron chi connectivity index (χ1n) is 9.65. The fraction of sp³-hybridized carbons (Fsp3) is 0.600. The Kier molecular flexibility index (Phi) is 8.23. The minimum Gasteiger partial charge on any atom is -0.383 e. The molecule has 0 radical (unpaired) electrons. The van der Waals surface area contributed by atoms with E-state index in [0.29, 0.717) is 37.4 Å². The van der Waals surface area contributed by atoms with E-state index in [2.05, 4.69) is 5.32 Å². The number of carbonyl (C=O) groups is 2. The summed E-state index contributed by atoms with van der Waals surface area (Å²) < 4.78 is 0. The van der Waals surface area contributed by atoms with Crippen LogP contribution in [0.2, 0.25) is 5.02 Å². The predicted molar refractivity (Wildman–Crippen MR) is 106 cm³/mol. The van der Waals surface area contributed by atoms with Crippen LogP contribution in [-0.4, -0.2) is 40.5 Å². The molecule has 6 nitrogen and oxygen atoms in total. The van der Waals surface area contributed by atoms with E-state index in [0.717, 1.165) is 24.1 Å². The van der Waals surface area contributed by atoms with Crippen molar-refractivity contribution in [3.63, 3.8) is 0 Å². The van der Waals surface area contributed by atoms with E-state index < -0.39 is 18.1 Å². The smallest absolute Gasteiger partial charge is 0.255 e. The number of halogens is 1. The Bertz CT molecular complexity index is 664. The maximum atomic E-state index is 12.6. The monoisotopic (exact) mass is 395 g/mol. The molecule has 150 valence electrons. The molecule has 0 aliphatic carbocycles. The highest BCUT2D eigenvalue weighted by molar-refractivity contribution is 6.30. The number of carbonyl (C=O) groups excluding carboxylic acids is 2. The zero-order valence-corrected chi connectivity index (χ0v) is 16.8. The van der Waals surface area contributed by atoms with Crippen LogP contribution in [0.4, 0.5) is 0 Å². The Morgan fingerprint density at radius 3 is 2.67 bits per heavy atom. The molecule has 0 bridgehead atoms. The number of aliphatic hydroxyl groups is 1. The molecule has 0 aromatic heterocycles. The standard InChI is InChI=1S/C20H30ClN3O3/c1-3-13(4-2)18(25)20(27)23-19(26)17-6-5-9-24(17)12-15-10-16(21)8-7-14(15)11-22/h7-8,10,13,17-18,25H,3-6,9,11-12,22H2,1-2H3,(H,23,26,27)/t17-,18?/m0/s1. The van der Waals surface area contributed by atoms with Crippen LogP contribution in [0.25, 0.3) is 0 Å². The van der Waals surface area contributed by atoms with Crippen LogP contribution in [0.5, 0.6) is 0 Å². The fourth-order valence-electron chi connectivity index (χ4n) is 3.70. The molecule has 1 aromatic carbocycles. The van der Waals surface area contributed by atoms with Gasteiger partial charge in [0.1, 0.15) is 6.10 Å². The highest BCUT2D eigenvalue weighted by atomic mass is 35.5. The van der Waals surface area contributed by atoms with Crippen LogP contribution in [0, 0.1) is 5.92 Å². The zero-order valence-electron chi connectivity index (χ0n) is 16.1. The average Bonchev–Trinajstić information content (AvgIpc) is 3.11. The second-order valence-corrected chi connectivity index (χ2v) is 7.56. The summed E-state index contributed by atoms with van der Waals surface area (Å²) in [6, 6.07) is 5.18. The van der Waals surface area contributed by atoms with Crippen molar-refractivity contribution in [1.29, 1.82) is 0 Å². The molecule has 1 unspecified atom stereocenters. The molecule has 1 fully saturated rings. The summed E-state index contributed by atoms with van der Waals surface area (Å²) in [6.45, 7) is 5.56. The van der Waals surface area contributed by atoms with Crippen LogP contribution in [0.15, 0.2) is 18.2 Å². The first-order chi connectivity index (χ1) is 12.9. The van der Waals surface area contributed by atoms with Gasteiger partial charge in [-0.3, -0.25) is 19.8 Å². The SMILES string of the molecule is CCC(CC)C(O)C(=O)NC(=O)[C@@H]1CCCN1Cc1cc(Cl)ccc1CN. The molecule has 1 aromatic rings. The number of imide groups is 1. The number of nitrogens with two attached hydrogens (primary N) is 1. The molecule has 4 N–H and O–H groups in total. The zero-order chi connectivity index (χ0) is 20.0. The van der Waals surface area contributed by atoms with Gasteiger partial charge in [0.05, 0.1) is 6.04 Å². The Balaban J connectivity index is 2.04. The third kappa shape index (κ3) is 5.51. The lowest BCUT2D eigenvalue weighted by molar-refractivity contribution is -0.139. The van der Waals surface area contributed by atoms with Crippen LogP contribution < -0.4 is 11.1 Å². The minimum absolute atomic E-state index is 0.143. The summed E-state index contributed by atoms with van der Waals surface area (Å²) in [5.74, 6) is -1.10. The second-order valence-electron chi connectivity index (χ2n) is 7.12. The van der Waals surface area contributed by atoms with Gasteiger partial charge in [0.25, 0.3) is 5.91 Å². The van der Waals surface area contributed by atoms with E-state index in [1.807, 2.05) is 30.9 Å². The molecular weight excluding hydrogens is 366 g/mol. The van der Waals surface area contributed by atoms with E-state index in [9.17, 15) is 14.7 Å². The van der Waals surface area contributed by atoms with Crippen LogP contribution in [0.1, 0.15) is 50.7 Å². The van der Waals surface area contributed by atoms with E-state index in [1.165, 1.54) is 0 Å². The Morgan fingerprint density at radius 1 is 1.33 bits per heavy atom. The number of rotatable bonds is 8. The van der Waals surface area contributed by atoms with Crippen LogP contribution in [-0.2, 0) is 22.7 Å². The fourth-order valence-corrected chi connectivity index (χ4v) is 3.89. The van der Waals surface area contributed by atoms with Crippen molar-refractivity contribution in [2.24, 2.45) is 11.7 Å². The molecule has 1 heterocycles. The minimum atomic E-state index is -1.16. The van der Waals surface area contributed by atoms with Gasteiger partial charge in [0, 0.05) is 18.1 Å². The van der Waals surface area contributed by atoms with Gasteiger partial charge < -0.3 is 10.8 Å². The van der Waals surface area contributed by atoms with Gasteiger partial charge in [-0.15, -0.1) is 0 Å². The molecule has 27 heavy (non-hydrogen) atoms. The first kappa shape index (κ1) is 21.8. The van der Waals surface area contributed by atoms with E-state index in [-0.39, 0.29) is 11.8 Å². The van der Waals surface area contributed by atoms with Gasteiger partial charge in [0.15, 0.2) is 0 Å². The van der Waals surface area contributed by atoms with E-state index in [4.69, 9.17) is 17.3 Å². The van der Waals surface area contributed by atoms with Crippen molar-refractivity contribution in [2.75, 3.05) is 6.54 Å². The number of nitrogens with one attached hydrogen (secondary N) is 1. The third-order valence-corrected chi connectivity index (χ3v) is 5.67. The first-order valence-corrected chi connectivity index (χ1v) is 10.0. The van der Waals surface area contributed by atoms with Gasteiger partial charge in [0.2, 0.25) is 5.91 Å². The predicted octanol–water partition coefficient (Wildman–Crippen LogP) is 2.20. The molecule has 0 spiro atoms. The van der Waals surface area contributed by atoms with Crippen molar-refractivity contribution in [1.82, 2.24) is 10.2 Å². The van der Waals surface area contributed by atoms with Gasteiger partial charge in [-0.2, -0.15) is 0 Å². The normalized spacial score (nSPS) is 18.7. The van der Waals surface area contributed by atoms with Crippen molar-refractivity contribution < 1.29 is 14.7 Å². The number of nitrogens with zero attached hydrogens (tertiary/aromatic N) is 1. The van der Waals surface area contributed by atoms with Crippen molar-refractivity contribution in [3.8, 4) is 0 Å². The highest BCUT2D eigenvalue weighted by Gasteiger charge is 2.33. The number of benzene rings is 1. The van der Waals surface area contributed by atoms with Gasteiger partial charge in [-0.25, -0.2) is 0 Å². The summed E-state index contributed by atoms with van der Waals surface area (Å²) in [7, 11) is 0. The van der Waals surface area contributed by atoms with Crippen LogP contribution >= 0.6 is 11.6 Å². The topological polar surface area (TPSA) is 95.7 Å². The Labute approximate surface area is 166 Å². The van der Waals surface area contributed by atoms with E-state index >= 15 is 0 Å². The van der Waals surface area contributed by atoms with Gasteiger partial charge in [-0.1, -0.05) is 44.4 Å². The van der Waals surface area contributed by atoms with Crippen molar-refractivity contribution in [3.05, 3.63) is 34.3 Å². The molecule has 1 saturated heterocycles. The summed E-state index contributed by atoms with van der Waals surface area (Å²) in [5, 5.41) is 13.2. The molecule has 7 heteroatoms. The molecular formula is C20H30ClN3O3. The number of amides is 2.